The molecule has 0 aliphatic rings. The summed E-state index contributed by atoms with van der Waals surface area (Å²) in [4.78, 5) is 11.9. The second-order valence-corrected chi connectivity index (χ2v) is 6.61. The van der Waals surface area contributed by atoms with Gasteiger partial charge in [0.05, 0.1) is 6.61 Å². The van der Waals surface area contributed by atoms with Crippen molar-refractivity contribution in [2.75, 3.05) is 13.2 Å². The Morgan fingerprint density at radius 2 is 2.08 bits per heavy atom. The predicted octanol–water partition coefficient (Wildman–Crippen LogP) is 3.43. The number of carbonyl (C=O) groups is 1. The Bertz CT molecular complexity index is 528. The number of aliphatic hydroxyl groups is 1. The smallest absolute Gasteiger partial charge is 0.407 e. The van der Waals surface area contributed by atoms with E-state index in [1.807, 2.05) is 27.7 Å². The van der Waals surface area contributed by atoms with Crippen LogP contribution in [0.2, 0.25) is 0 Å². The number of hydrogen-bond donors (Lipinski definition) is 2. The average molecular weight is 341 g/mol. The summed E-state index contributed by atoms with van der Waals surface area (Å²) in [6, 6.07) is 4.31. The van der Waals surface area contributed by atoms with Crippen LogP contribution in [-0.2, 0) is 11.2 Å². The van der Waals surface area contributed by atoms with E-state index in [0.29, 0.717) is 18.6 Å². The highest BCUT2D eigenvalue weighted by molar-refractivity contribution is 5.68. The molecule has 1 aromatic rings. The molecule has 136 valence electrons. The molecule has 0 saturated heterocycles. The van der Waals surface area contributed by atoms with E-state index >= 15 is 0 Å². The Kier molecular flexibility index (Phi) is 7.98. The number of alkyl carbamates (subject to hydrolysis) is 1. The van der Waals surface area contributed by atoms with Gasteiger partial charge in [-0.2, -0.15) is 0 Å². The lowest BCUT2D eigenvalue weighted by atomic mass is 10.0. The third-order valence-corrected chi connectivity index (χ3v) is 3.35. The minimum atomic E-state index is -0.537. The van der Waals surface area contributed by atoms with Gasteiger partial charge in [-0.25, -0.2) is 9.18 Å². The number of nitrogens with one attached hydrogen (secondary N) is 1. The van der Waals surface area contributed by atoms with Crippen molar-refractivity contribution >= 4 is 6.09 Å². The summed E-state index contributed by atoms with van der Waals surface area (Å²) >= 11 is 0. The first kappa shape index (κ1) is 20.2. The topological polar surface area (TPSA) is 67.8 Å². The van der Waals surface area contributed by atoms with E-state index in [1.54, 1.807) is 6.07 Å². The molecule has 0 bridgehead atoms. The second-order valence-electron chi connectivity index (χ2n) is 6.61. The summed E-state index contributed by atoms with van der Waals surface area (Å²) in [5, 5.41) is 11.7. The van der Waals surface area contributed by atoms with Crippen molar-refractivity contribution in [2.45, 2.75) is 58.6 Å². The van der Waals surface area contributed by atoms with Crippen LogP contribution in [0.4, 0.5) is 9.18 Å². The van der Waals surface area contributed by atoms with Crippen molar-refractivity contribution in [3.05, 3.63) is 29.6 Å². The monoisotopic (exact) mass is 341 g/mol. The molecule has 0 spiro atoms. The van der Waals surface area contributed by atoms with Gasteiger partial charge in [0, 0.05) is 12.1 Å². The van der Waals surface area contributed by atoms with E-state index in [0.717, 1.165) is 12.0 Å². The van der Waals surface area contributed by atoms with Gasteiger partial charge in [-0.05, 0) is 51.7 Å². The van der Waals surface area contributed by atoms with Crippen molar-refractivity contribution in [3.63, 3.8) is 0 Å². The lowest BCUT2D eigenvalue weighted by Gasteiger charge is -2.23. The van der Waals surface area contributed by atoms with Crippen molar-refractivity contribution in [1.29, 1.82) is 0 Å². The SMILES string of the molecule is CCC(CCc1ccc(F)cc1OCCO)NC(=O)OC(C)(C)C. The highest BCUT2D eigenvalue weighted by atomic mass is 19.1. The third kappa shape index (κ3) is 7.64. The number of rotatable bonds is 8. The molecule has 1 rings (SSSR count). The zero-order valence-electron chi connectivity index (χ0n) is 14.9. The van der Waals surface area contributed by atoms with Crippen LogP contribution in [0.1, 0.15) is 46.1 Å². The molecule has 6 heteroatoms. The van der Waals surface area contributed by atoms with E-state index in [4.69, 9.17) is 14.6 Å². The molecule has 1 atom stereocenters. The molecule has 1 unspecified atom stereocenters. The first-order chi connectivity index (χ1) is 11.2. The molecule has 0 aliphatic carbocycles. The first-order valence-corrected chi connectivity index (χ1v) is 8.26. The van der Waals surface area contributed by atoms with Gasteiger partial charge in [0.2, 0.25) is 0 Å². The normalized spacial score (nSPS) is 12.6. The highest BCUT2D eigenvalue weighted by Gasteiger charge is 2.19. The molecule has 0 saturated carbocycles. The predicted molar refractivity (Wildman–Crippen MR) is 90.8 cm³/mol. The fraction of sp³-hybridized carbons (Fsp3) is 0.611. The van der Waals surface area contributed by atoms with Gasteiger partial charge in [0.1, 0.15) is 23.8 Å². The van der Waals surface area contributed by atoms with Crippen molar-refractivity contribution in [1.82, 2.24) is 5.32 Å². The molecule has 0 fully saturated rings. The molecule has 0 radical (unpaired) electrons. The Hall–Kier alpha value is -1.82. The third-order valence-electron chi connectivity index (χ3n) is 3.35. The van der Waals surface area contributed by atoms with Gasteiger partial charge in [0.15, 0.2) is 0 Å². The summed E-state index contributed by atoms with van der Waals surface area (Å²) in [6.45, 7) is 7.41. The zero-order valence-corrected chi connectivity index (χ0v) is 14.9. The molecule has 2 N–H and O–H groups in total. The number of carbonyl (C=O) groups excluding carboxylic acids is 1. The van der Waals surface area contributed by atoms with E-state index < -0.39 is 11.7 Å². The fourth-order valence-electron chi connectivity index (χ4n) is 2.21. The molecular formula is C18H28FNO4. The van der Waals surface area contributed by atoms with Crippen molar-refractivity contribution in [2.24, 2.45) is 0 Å². The van der Waals surface area contributed by atoms with Crippen LogP contribution in [0.5, 0.6) is 5.75 Å². The molecule has 1 amide bonds. The molecular weight excluding hydrogens is 313 g/mol. The van der Waals surface area contributed by atoms with Crippen LogP contribution in [0, 0.1) is 5.82 Å². The second kappa shape index (κ2) is 9.47. The van der Waals surface area contributed by atoms with E-state index in [2.05, 4.69) is 5.32 Å². The number of benzene rings is 1. The summed E-state index contributed by atoms with van der Waals surface area (Å²) in [7, 11) is 0. The lowest BCUT2D eigenvalue weighted by Crippen LogP contribution is -2.39. The van der Waals surface area contributed by atoms with Crippen LogP contribution in [0.15, 0.2) is 18.2 Å². The van der Waals surface area contributed by atoms with Crippen molar-refractivity contribution < 1.29 is 23.8 Å². The molecule has 24 heavy (non-hydrogen) atoms. The fourth-order valence-corrected chi connectivity index (χ4v) is 2.21. The van der Waals surface area contributed by atoms with Gasteiger partial charge >= 0.3 is 6.09 Å². The van der Waals surface area contributed by atoms with Gasteiger partial charge < -0.3 is 19.9 Å². The summed E-state index contributed by atoms with van der Waals surface area (Å²) < 4.78 is 24.0. The molecule has 1 aromatic carbocycles. The van der Waals surface area contributed by atoms with E-state index in [1.165, 1.54) is 12.1 Å². The maximum atomic E-state index is 13.4. The minimum absolute atomic E-state index is 0.0457. The number of hydrogen-bond acceptors (Lipinski definition) is 4. The highest BCUT2D eigenvalue weighted by Crippen LogP contribution is 2.22. The first-order valence-electron chi connectivity index (χ1n) is 8.26. The van der Waals surface area contributed by atoms with Crippen LogP contribution in [0.25, 0.3) is 0 Å². The van der Waals surface area contributed by atoms with E-state index in [-0.39, 0.29) is 25.1 Å². The van der Waals surface area contributed by atoms with Crippen molar-refractivity contribution in [3.8, 4) is 5.75 Å². The maximum Gasteiger partial charge on any atom is 0.407 e. The number of ether oxygens (including phenoxy) is 2. The summed E-state index contributed by atoms with van der Waals surface area (Å²) in [5.74, 6) is 0.0433. The summed E-state index contributed by atoms with van der Waals surface area (Å²) in [5.41, 5.74) is 0.305. The Balaban J connectivity index is 2.63. The van der Waals surface area contributed by atoms with Crippen LogP contribution >= 0.6 is 0 Å². The quantitative estimate of drug-likeness (QED) is 0.760. The maximum absolute atomic E-state index is 13.4. The molecule has 0 heterocycles. The van der Waals surface area contributed by atoms with Crippen LogP contribution in [-0.4, -0.2) is 36.1 Å². The number of aliphatic hydroxyl groups excluding tert-OH is 1. The van der Waals surface area contributed by atoms with E-state index in [9.17, 15) is 9.18 Å². The average Bonchev–Trinajstić information content (AvgIpc) is 2.48. The lowest BCUT2D eigenvalue weighted by molar-refractivity contribution is 0.0500. The Labute approximate surface area is 143 Å². The van der Waals surface area contributed by atoms with Gasteiger partial charge in [-0.3, -0.25) is 0 Å². The molecule has 0 aliphatic heterocycles. The van der Waals surface area contributed by atoms with Crippen LogP contribution in [0.3, 0.4) is 0 Å². The minimum Gasteiger partial charge on any atom is -0.491 e. The number of amides is 1. The number of halogens is 1. The summed E-state index contributed by atoms with van der Waals surface area (Å²) in [6.07, 6.45) is 1.62. The zero-order chi connectivity index (χ0) is 18.2. The van der Waals surface area contributed by atoms with Gasteiger partial charge in [-0.1, -0.05) is 13.0 Å². The number of aryl methyl sites for hydroxylation is 1. The van der Waals surface area contributed by atoms with Gasteiger partial charge in [-0.15, -0.1) is 0 Å². The van der Waals surface area contributed by atoms with Crippen LogP contribution < -0.4 is 10.1 Å². The Morgan fingerprint density at radius 3 is 2.67 bits per heavy atom. The standard InChI is InChI=1S/C18H28FNO4/c1-5-15(20-17(22)24-18(2,3)4)9-7-13-6-8-14(19)12-16(13)23-11-10-21/h6,8,12,15,21H,5,7,9-11H2,1-4H3,(H,20,22). The molecule has 5 nitrogen and oxygen atoms in total. The Morgan fingerprint density at radius 1 is 1.38 bits per heavy atom. The van der Waals surface area contributed by atoms with Gasteiger partial charge in [0.25, 0.3) is 0 Å². The largest absolute Gasteiger partial charge is 0.491 e. The molecule has 0 aromatic heterocycles.